The van der Waals surface area contributed by atoms with E-state index in [1.807, 2.05) is 6.07 Å². The topological polar surface area (TPSA) is 93.6 Å². The average Bonchev–Trinajstić information content (AvgIpc) is 2.57. The minimum absolute atomic E-state index is 0.268. The number of aromatic amines is 1. The van der Waals surface area contributed by atoms with E-state index in [0.717, 1.165) is 24.2 Å². The van der Waals surface area contributed by atoms with Crippen LogP contribution >= 0.6 is 0 Å². The van der Waals surface area contributed by atoms with Gasteiger partial charge >= 0.3 is 0 Å². The summed E-state index contributed by atoms with van der Waals surface area (Å²) in [5.41, 5.74) is 13.1. The van der Waals surface area contributed by atoms with Crippen LogP contribution in [0.15, 0.2) is 12.1 Å². The summed E-state index contributed by atoms with van der Waals surface area (Å²) in [7, 11) is 0. The number of rotatable bonds is 1. The molecule has 5 heteroatoms. The molecule has 0 aliphatic heterocycles. The first-order valence-corrected chi connectivity index (χ1v) is 5.09. The summed E-state index contributed by atoms with van der Waals surface area (Å²) in [6.45, 7) is 0. The van der Waals surface area contributed by atoms with Gasteiger partial charge in [-0.05, 0) is 31.4 Å². The SMILES string of the molecule is Nc1ccc2[nH]c(C3(N)CCC3)nc2n1. The van der Waals surface area contributed by atoms with Crippen molar-refractivity contribution in [3.8, 4) is 0 Å². The fourth-order valence-corrected chi connectivity index (χ4v) is 1.94. The van der Waals surface area contributed by atoms with Gasteiger partial charge in [0.25, 0.3) is 0 Å². The van der Waals surface area contributed by atoms with Crippen molar-refractivity contribution in [3.05, 3.63) is 18.0 Å². The second kappa shape index (κ2) is 2.70. The van der Waals surface area contributed by atoms with Crippen LogP contribution in [0.25, 0.3) is 11.2 Å². The molecule has 0 aromatic carbocycles. The number of anilines is 1. The van der Waals surface area contributed by atoms with Gasteiger partial charge in [-0.25, -0.2) is 9.97 Å². The van der Waals surface area contributed by atoms with Gasteiger partial charge in [0, 0.05) is 0 Å². The molecule has 0 amide bonds. The standard InChI is InChI=1S/C10H13N5/c11-7-3-2-6-8(14-7)15-9(13-6)10(12)4-1-5-10/h2-3H,1,4-5,12H2,(H3,11,13,14,15). The van der Waals surface area contributed by atoms with Crippen LogP contribution in [0.4, 0.5) is 5.82 Å². The van der Waals surface area contributed by atoms with Gasteiger partial charge in [0.1, 0.15) is 11.6 Å². The van der Waals surface area contributed by atoms with Crippen LogP contribution < -0.4 is 11.5 Å². The zero-order chi connectivity index (χ0) is 10.5. The van der Waals surface area contributed by atoms with Crippen LogP contribution in [-0.4, -0.2) is 15.0 Å². The number of nitrogen functional groups attached to an aromatic ring is 1. The highest BCUT2D eigenvalue weighted by atomic mass is 15.1. The van der Waals surface area contributed by atoms with Crippen LogP contribution in [0.3, 0.4) is 0 Å². The Morgan fingerprint density at radius 2 is 2.07 bits per heavy atom. The number of hydrogen-bond donors (Lipinski definition) is 3. The first kappa shape index (κ1) is 8.67. The van der Waals surface area contributed by atoms with E-state index in [2.05, 4.69) is 15.0 Å². The normalized spacial score (nSPS) is 19.0. The number of pyridine rings is 1. The lowest BCUT2D eigenvalue weighted by atomic mass is 9.77. The fraction of sp³-hybridized carbons (Fsp3) is 0.400. The lowest BCUT2D eigenvalue weighted by molar-refractivity contribution is 0.240. The summed E-state index contributed by atoms with van der Waals surface area (Å²) in [6, 6.07) is 3.64. The Morgan fingerprint density at radius 1 is 1.27 bits per heavy atom. The summed E-state index contributed by atoms with van der Waals surface area (Å²) in [4.78, 5) is 11.8. The highest BCUT2D eigenvalue weighted by molar-refractivity contribution is 5.72. The van der Waals surface area contributed by atoms with Crippen LogP contribution in [0, 0.1) is 0 Å². The number of nitrogens with one attached hydrogen (secondary N) is 1. The van der Waals surface area contributed by atoms with Crippen molar-refractivity contribution in [2.45, 2.75) is 24.8 Å². The third kappa shape index (κ3) is 1.20. The van der Waals surface area contributed by atoms with Crippen molar-refractivity contribution in [1.29, 1.82) is 0 Å². The van der Waals surface area contributed by atoms with Gasteiger partial charge in [0.05, 0.1) is 11.1 Å². The zero-order valence-electron chi connectivity index (χ0n) is 8.33. The van der Waals surface area contributed by atoms with Gasteiger partial charge < -0.3 is 16.5 Å². The smallest absolute Gasteiger partial charge is 0.179 e. The molecule has 1 aliphatic rings. The highest BCUT2D eigenvalue weighted by Crippen LogP contribution is 2.37. The second-order valence-electron chi connectivity index (χ2n) is 4.20. The van der Waals surface area contributed by atoms with E-state index in [0.29, 0.717) is 11.5 Å². The maximum absolute atomic E-state index is 6.17. The molecule has 5 N–H and O–H groups in total. The van der Waals surface area contributed by atoms with Crippen molar-refractivity contribution in [2.75, 3.05) is 5.73 Å². The van der Waals surface area contributed by atoms with Gasteiger partial charge in [-0.3, -0.25) is 0 Å². The third-order valence-electron chi connectivity index (χ3n) is 3.08. The molecule has 5 nitrogen and oxygen atoms in total. The first-order chi connectivity index (χ1) is 7.17. The monoisotopic (exact) mass is 203 g/mol. The molecule has 0 saturated heterocycles. The molecule has 1 saturated carbocycles. The molecular formula is C10H13N5. The quantitative estimate of drug-likeness (QED) is 0.641. The number of imidazole rings is 1. The molecule has 2 aromatic heterocycles. The largest absolute Gasteiger partial charge is 0.384 e. The van der Waals surface area contributed by atoms with E-state index in [-0.39, 0.29) is 5.54 Å². The van der Waals surface area contributed by atoms with Crippen molar-refractivity contribution >= 4 is 17.0 Å². The van der Waals surface area contributed by atoms with Gasteiger partial charge in [0.2, 0.25) is 0 Å². The zero-order valence-corrected chi connectivity index (χ0v) is 8.33. The predicted octanol–water partition coefficient (Wildman–Crippen LogP) is 0.878. The lowest BCUT2D eigenvalue weighted by Gasteiger charge is -2.35. The summed E-state index contributed by atoms with van der Waals surface area (Å²) in [5, 5.41) is 0. The Kier molecular flexibility index (Phi) is 1.56. The van der Waals surface area contributed by atoms with Crippen molar-refractivity contribution in [2.24, 2.45) is 5.73 Å². The van der Waals surface area contributed by atoms with Crippen LogP contribution in [-0.2, 0) is 5.54 Å². The third-order valence-corrected chi connectivity index (χ3v) is 3.08. The minimum atomic E-state index is -0.268. The number of hydrogen-bond acceptors (Lipinski definition) is 4. The van der Waals surface area contributed by atoms with Crippen LogP contribution in [0.2, 0.25) is 0 Å². The maximum Gasteiger partial charge on any atom is 0.179 e. The molecule has 0 bridgehead atoms. The molecule has 2 aromatic rings. The van der Waals surface area contributed by atoms with E-state index in [9.17, 15) is 0 Å². The number of H-pyrrole nitrogens is 1. The molecule has 0 unspecified atom stereocenters. The van der Waals surface area contributed by atoms with Gasteiger partial charge in [-0.2, -0.15) is 0 Å². The van der Waals surface area contributed by atoms with Gasteiger partial charge in [-0.15, -0.1) is 0 Å². The van der Waals surface area contributed by atoms with Gasteiger partial charge in [0.15, 0.2) is 5.65 Å². The molecule has 78 valence electrons. The van der Waals surface area contributed by atoms with Crippen molar-refractivity contribution in [3.63, 3.8) is 0 Å². The number of nitrogens with two attached hydrogens (primary N) is 2. The maximum atomic E-state index is 6.17. The molecule has 1 fully saturated rings. The molecule has 0 spiro atoms. The lowest BCUT2D eigenvalue weighted by Crippen LogP contribution is -2.44. The number of nitrogens with zero attached hydrogens (tertiary/aromatic N) is 2. The van der Waals surface area contributed by atoms with Gasteiger partial charge in [-0.1, -0.05) is 0 Å². The fourth-order valence-electron chi connectivity index (χ4n) is 1.94. The van der Waals surface area contributed by atoms with Crippen LogP contribution in [0.5, 0.6) is 0 Å². The Balaban J connectivity index is 2.14. The van der Waals surface area contributed by atoms with E-state index < -0.39 is 0 Å². The molecule has 0 radical (unpaired) electrons. The van der Waals surface area contributed by atoms with E-state index in [4.69, 9.17) is 11.5 Å². The highest BCUT2D eigenvalue weighted by Gasteiger charge is 2.37. The Bertz CT molecular complexity index is 512. The van der Waals surface area contributed by atoms with Crippen molar-refractivity contribution < 1.29 is 0 Å². The summed E-state index contributed by atoms with van der Waals surface area (Å²) >= 11 is 0. The molecular weight excluding hydrogens is 190 g/mol. The minimum Gasteiger partial charge on any atom is -0.384 e. The molecule has 2 heterocycles. The Morgan fingerprint density at radius 3 is 2.73 bits per heavy atom. The molecule has 0 atom stereocenters. The second-order valence-corrected chi connectivity index (χ2v) is 4.20. The van der Waals surface area contributed by atoms with Crippen molar-refractivity contribution in [1.82, 2.24) is 15.0 Å². The predicted molar refractivity (Wildman–Crippen MR) is 58.0 cm³/mol. The van der Waals surface area contributed by atoms with E-state index in [1.165, 1.54) is 6.42 Å². The Labute approximate surface area is 86.9 Å². The summed E-state index contributed by atoms with van der Waals surface area (Å²) < 4.78 is 0. The summed E-state index contributed by atoms with van der Waals surface area (Å²) in [5.74, 6) is 1.32. The first-order valence-electron chi connectivity index (χ1n) is 5.09. The molecule has 3 rings (SSSR count). The van der Waals surface area contributed by atoms with E-state index in [1.54, 1.807) is 6.07 Å². The van der Waals surface area contributed by atoms with Crippen LogP contribution in [0.1, 0.15) is 25.1 Å². The average molecular weight is 203 g/mol. The number of fused-ring (bicyclic) bond motifs is 1. The summed E-state index contributed by atoms with van der Waals surface area (Å²) in [6.07, 6.45) is 3.15. The Hall–Kier alpha value is -1.62. The molecule has 15 heavy (non-hydrogen) atoms. The number of aromatic nitrogens is 3. The molecule has 1 aliphatic carbocycles. The van der Waals surface area contributed by atoms with E-state index >= 15 is 0 Å².